The van der Waals surface area contributed by atoms with Crippen molar-refractivity contribution in [2.24, 2.45) is 5.73 Å². The molecule has 2 aliphatic heterocycles. The smallest absolute Gasteiger partial charge is 0.269 e. The number of amides is 2. The van der Waals surface area contributed by atoms with Crippen molar-refractivity contribution >= 4 is 17.5 Å². The molecule has 1 saturated heterocycles. The molecule has 2 aromatic rings. The molecule has 1 aromatic heterocycles. The monoisotopic (exact) mass is 339 g/mol. The minimum atomic E-state index is -0.493. The Kier molecular flexibility index (Phi) is 4.01. The highest BCUT2D eigenvalue weighted by Crippen LogP contribution is 2.25. The number of anilines is 1. The first kappa shape index (κ1) is 15.8. The number of primary amides is 1. The molecule has 2 aliphatic rings. The average molecular weight is 339 g/mol. The second-order valence-electron chi connectivity index (χ2n) is 6.50. The van der Waals surface area contributed by atoms with Crippen LogP contribution in [-0.2, 0) is 17.8 Å². The van der Waals surface area contributed by atoms with Crippen LogP contribution in [-0.4, -0.2) is 34.7 Å². The van der Waals surface area contributed by atoms with Crippen molar-refractivity contribution in [1.82, 2.24) is 15.1 Å². The summed E-state index contributed by atoms with van der Waals surface area (Å²) in [5, 5.41) is 7.75. The molecule has 2 amide bonds. The van der Waals surface area contributed by atoms with Crippen LogP contribution in [0.25, 0.3) is 5.69 Å². The first-order valence-corrected chi connectivity index (χ1v) is 8.67. The molecule has 0 saturated carbocycles. The molecule has 7 nitrogen and oxygen atoms in total. The second kappa shape index (κ2) is 6.33. The van der Waals surface area contributed by atoms with E-state index in [1.807, 2.05) is 29.2 Å². The standard InChI is InChI=1S/C18H21N5O2/c19-18(25)17-14-8-9-20-11-15(14)23(21-17)13-6-4-12(5-7-13)22-10-2-1-3-16(22)24/h4-7,20H,1-3,8-11H2,(H2,19,25). The van der Waals surface area contributed by atoms with Crippen molar-refractivity contribution in [3.05, 3.63) is 41.2 Å². The summed E-state index contributed by atoms with van der Waals surface area (Å²) in [5.41, 5.74) is 9.51. The number of carbonyl (C=O) groups excluding carboxylic acids is 2. The topological polar surface area (TPSA) is 93.2 Å². The molecule has 25 heavy (non-hydrogen) atoms. The number of nitrogens with two attached hydrogens (primary N) is 1. The van der Waals surface area contributed by atoms with Gasteiger partial charge in [-0.3, -0.25) is 9.59 Å². The van der Waals surface area contributed by atoms with Gasteiger partial charge < -0.3 is 16.0 Å². The zero-order chi connectivity index (χ0) is 17.4. The van der Waals surface area contributed by atoms with Crippen molar-refractivity contribution in [2.75, 3.05) is 18.0 Å². The maximum atomic E-state index is 12.1. The summed E-state index contributed by atoms with van der Waals surface area (Å²) in [6.07, 6.45) is 3.36. The van der Waals surface area contributed by atoms with Crippen molar-refractivity contribution in [3.63, 3.8) is 0 Å². The van der Waals surface area contributed by atoms with Crippen LogP contribution < -0.4 is 16.0 Å². The van der Waals surface area contributed by atoms with Crippen LogP contribution in [0.2, 0.25) is 0 Å². The number of nitrogens with zero attached hydrogens (tertiary/aromatic N) is 3. The third-order valence-electron chi connectivity index (χ3n) is 4.90. The number of rotatable bonds is 3. The summed E-state index contributed by atoms with van der Waals surface area (Å²) in [6, 6.07) is 7.74. The van der Waals surface area contributed by atoms with Crippen LogP contribution in [0.4, 0.5) is 5.69 Å². The van der Waals surface area contributed by atoms with Crippen LogP contribution in [0.3, 0.4) is 0 Å². The van der Waals surface area contributed by atoms with E-state index < -0.39 is 5.91 Å². The number of hydrogen-bond acceptors (Lipinski definition) is 4. The Labute approximate surface area is 145 Å². The van der Waals surface area contributed by atoms with E-state index in [4.69, 9.17) is 5.73 Å². The number of benzene rings is 1. The van der Waals surface area contributed by atoms with Crippen molar-refractivity contribution < 1.29 is 9.59 Å². The number of nitrogens with one attached hydrogen (secondary N) is 1. The van der Waals surface area contributed by atoms with Gasteiger partial charge in [0.1, 0.15) is 0 Å². The molecule has 1 aromatic carbocycles. The van der Waals surface area contributed by atoms with E-state index in [1.165, 1.54) is 0 Å². The number of fused-ring (bicyclic) bond motifs is 1. The lowest BCUT2D eigenvalue weighted by Crippen LogP contribution is -2.35. The largest absolute Gasteiger partial charge is 0.364 e. The molecule has 3 N–H and O–H groups in total. The molecule has 0 atom stereocenters. The van der Waals surface area contributed by atoms with Gasteiger partial charge in [0.2, 0.25) is 5.91 Å². The molecule has 3 heterocycles. The van der Waals surface area contributed by atoms with Gasteiger partial charge in [0, 0.05) is 30.8 Å². The second-order valence-corrected chi connectivity index (χ2v) is 6.50. The van der Waals surface area contributed by atoms with Gasteiger partial charge in [0.25, 0.3) is 5.91 Å². The van der Waals surface area contributed by atoms with Crippen LogP contribution >= 0.6 is 0 Å². The van der Waals surface area contributed by atoms with Crippen LogP contribution in [0, 0.1) is 0 Å². The Balaban J connectivity index is 1.69. The molecule has 0 spiro atoms. The van der Waals surface area contributed by atoms with Crippen LogP contribution in [0.15, 0.2) is 24.3 Å². The predicted molar refractivity (Wildman–Crippen MR) is 93.7 cm³/mol. The first-order chi connectivity index (χ1) is 12.1. The van der Waals surface area contributed by atoms with E-state index in [9.17, 15) is 9.59 Å². The first-order valence-electron chi connectivity index (χ1n) is 8.67. The van der Waals surface area contributed by atoms with Gasteiger partial charge in [-0.15, -0.1) is 0 Å². The molecular weight excluding hydrogens is 318 g/mol. The van der Waals surface area contributed by atoms with E-state index in [0.717, 1.165) is 55.0 Å². The van der Waals surface area contributed by atoms with Gasteiger partial charge in [-0.1, -0.05) is 0 Å². The Bertz CT molecular complexity index is 825. The van der Waals surface area contributed by atoms with Gasteiger partial charge in [0.05, 0.1) is 11.4 Å². The molecule has 0 radical (unpaired) electrons. The van der Waals surface area contributed by atoms with Crippen LogP contribution in [0.1, 0.15) is 41.0 Å². The van der Waals surface area contributed by atoms with E-state index in [-0.39, 0.29) is 5.91 Å². The van der Waals surface area contributed by atoms with Gasteiger partial charge in [-0.25, -0.2) is 4.68 Å². The van der Waals surface area contributed by atoms with Gasteiger partial charge >= 0.3 is 0 Å². The Morgan fingerprint density at radius 1 is 1.12 bits per heavy atom. The summed E-state index contributed by atoms with van der Waals surface area (Å²) in [4.78, 5) is 25.6. The third-order valence-corrected chi connectivity index (χ3v) is 4.90. The SMILES string of the molecule is NC(=O)c1nn(-c2ccc(N3CCCCC3=O)cc2)c2c1CCNC2. The van der Waals surface area contributed by atoms with Crippen molar-refractivity contribution in [2.45, 2.75) is 32.2 Å². The third kappa shape index (κ3) is 2.80. The quantitative estimate of drug-likeness (QED) is 0.877. The molecule has 1 fully saturated rings. The van der Waals surface area contributed by atoms with Gasteiger partial charge in [-0.05, 0) is 50.1 Å². The number of carbonyl (C=O) groups is 2. The fourth-order valence-electron chi connectivity index (χ4n) is 3.61. The van der Waals surface area contributed by atoms with Crippen molar-refractivity contribution in [3.8, 4) is 5.69 Å². The Morgan fingerprint density at radius 2 is 1.88 bits per heavy atom. The zero-order valence-electron chi connectivity index (χ0n) is 14.0. The van der Waals surface area contributed by atoms with E-state index in [0.29, 0.717) is 18.7 Å². The van der Waals surface area contributed by atoms with Gasteiger partial charge in [0.15, 0.2) is 5.69 Å². The fourth-order valence-corrected chi connectivity index (χ4v) is 3.61. The average Bonchev–Trinajstić information content (AvgIpc) is 3.02. The lowest BCUT2D eigenvalue weighted by molar-refractivity contribution is -0.119. The maximum Gasteiger partial charge on any atom is 0.269 e. The normalized spacial score (nSPS) is 17.4. The number of aromatic nitrogens is 2. The summed E-state index contributed by atoms with van der Waals surface area (Å²) < 4.78 is 1.78. The molecular formula is C18H21N5O2. The van der Waals surface area contributed by atoms with E-state index >= 15 is 0 Å². The minimum absolute atomic E-state index is 0.177. The highest BCUT2D eigenvalue weighted by Gasteiger charge is 2.24. The van der Waals surface area contributed by atoms with Crippen molar-refractivity contribution in [1.29, 1.82) is 0 Å². The highest BCUT2D eigenvalue weighted by molar-refractivity contribution is 5.94. The molecule has 0 aliphatic carbocycles. The Morgan fingerprint density at radius 3 is 2.60 bits per heavy atom. The minimum Gasteiger partial charge on any atom is -0.364 e. The fraction of sp³-hybridized carbons (Fsp3) is 0.389. The maximum absolute atomic E-state index is 12.1. The summed E-state index contributed by atoms with van der Waals surface area (Å²) >= 11 is 0. The van der Waals surface area contributed by atoms with Gasteiger partial charge in [-0.2, -0.15) is 5.10 Å². The Hall–Kier alpha value is -2.67. The summed E-state index contributed by atoms with van der Waals surface area (Å²) in [5.74, 6) is -0.317. The number of piperidine rings is 1. The zero-order valence-corrected chi connectivity index (χ0v) is 14.0. The molecule has 7 heteroatoms. The van der Waals surface area contributed by atoms with E-state index in [1.54, 1.807) is 4.68 Å². The summed E-state index contributed by atoms with van der Waals surface area (Å²) in [6.45, 7) is 2.24. The van der Waals surface area contributed by atoms with Crippen LogP contribution in [0.5, 0.6) is 0 Å². The van der Waals surface area contributed by atoms with E-state index in [2.05, 4.69) is 10.4 Å². The molecule has 130 valence electrons. The molecule has 0 unspecified atom stereocenters. The lowest BCUT2D eigenvalue weighted by Gasteiger charge is -2.27. The predicted octanol–water partition coefficient (Wildman–Crippen LogP) is 1.13. The number of hydrogen-bond donors (Lipinski definition) is 2. The molecule has 4 rings (SSSR count). The molecule has 0 bridgehead atoms. The summed E-state index contributed by atoms with van der Waals surface area (Å²) in [7, 11) is 0. The lowest BCUT2D eigenvalue weighted by atomic mass is 10.1. The highest BCUT2D eigenvalue weighted by atomic mass is 16.2.